The van der Waals surface area contributed by atoms with Crippen LogP contribution in [-0.2, 0) is 42.1 Å². The number of carboxylic acid groups (broad SMARTS) is 2. The summed E-state index contributed by atoms with van der Waals surface area (Å²) >= 11 is 12.2. The normalized spacial score (nSPS) is 16.0. The SMILES string of the molecule is N#Cc1ccc(-c2ccc(C[C@H](NC(=O)C3Cc4cc5c(cc4CN3Cc3ccccc3C(=O)O)O[C@@H](c3ccc(OCc4ccc(Cl)c(Cl)c4)cc3)CO5)C(=O)O)cc2)cc1. The number of benzene rings is 6. The highest BCUT2D eigenvalue weighted by molar-refractivity contribution is 6.42. The molecule has 312 valence electrons. The number of amides is 1. The number of aromatic carboxylic acids is 1. The molecule has 0 saturated heterocycles. The van der Waals surface area contributed by atoms with Crippen LogP contribution >= 0.6 is 23.2 Å². The molecule has 3 atom stereocenters. The second-order valence-electron chi connectivity index (χ2n) is 15.2. The van der Waals surface area contributed by atoms with Gasteiger partial charge in [0, 0.05) is 19.5 Å². The first kappa shape index (κ1) is 41.9. The van der Waals surface area contributed by atoms with E-state index >= 15 is 0 Å². The molecule has 2 aliphatic rings. The van der Waals surface area contributed by atoms with E-state index in [2.05, 4.69) is 11.4 Å². The van der Waals surface area contributed by atoms with E-state index < -0.39 is 36.0 Å². The van der Waals surface area contributed by atoms with Crippen molar-refractivity contribution in [2.75, 3.05) is 6.61 Å². The quantitative estimate of drug-likeness (QED) is 0.102. The Hall–Kier alpha value is -6.84. The smallest absolute Gasteiger partial charge is 0.336 e. The van der Waals surface area contributed by atoms with Gasteiger partial charge in [0.25, 0.3) is 0 Å². The molecule has 0 spiro atoms. The number of carboxylic acids is 2. The summed E-state index contributed by atoms with van der Waals surface area (Å²) in [6, 6.07) is 37.9. The van der Waals surface area contributed by atoms with E-state index in [1.165, 1.54) is 6.07 Å². The summed E-state index contributed by atoms with van der Waals surface area (Å²) in [5.41, 5.74) is 7.17. The number of fused-ring (bicyclic) bond motifs is 2. The van der Waals surface area contributed by atoms with Gasteiger partial charge in [-0.3, -0.25) is 9.69 Å². The van der Waals surface area contributed by atoms with Crippen molar-refractivity contribution in [3.63, 3.8) is 0 Å². The number of hydrogen-bond donors (Lipinski definition) is 3. The maximum Gasteiger partial charge on any atom is 0.336 e. The third-order valence-corrected chi connectivity index (χ3v) is 11.8. The molecule has 0 radical (unpaired) electrons. The van der Waals surface area contributed by atoms with E-state index in [0.29, 0.717) is 50.6 Å². The maximum absolute atomic E-state index is 14.2. The number of nitriles is 1. The van der Waals surface area contributed by atoms with E-state index in [4.69, 9.17) is 42.7 Å². The Morgan fingerprint density at radius 1 is 0.823 bits per heavy atom. The Morgan fingerprint density at radius 2 is 1.52 bits per heavy atom. The number of nitrogens with one attached hydrogen (secondary N) is 1. The Kier molecular flexibility index (Phi) is 12.4. The summed E-state index contributed by atoms with van der Waals surface area (Å²) in [5, 5.41) is 33.1. The van der Waals surface area contributed by atoms with Gasteiger partial charge in [-0.05, 0) is 106 Å². The second kappa shape index (κ2) is 18.4. The molecule has 0 aliphatic carbocycles. The van der Waals surface area contributed by atoms with Gasteiger partial charge in [0.1, 0.15) is 25.0 Å². The highest BCUT2D eigenvalue weighted by Gasteiger charge is 2.36. The minimum atomic E-state index is -1.24. The number of hydrogen-bond acceptors (Lipinski definition) is 8. The zero-order chi connectivity index (χ0) is 43.3. The minimum Gasteiger partial charge on any atom is -0.489 e. The molecule has 1 unspecified atom stereocenters. The lowest BCUT2D eigenvalue weighted by Crippen LogP contribution is -2.54. The van der Waals surface area contributed by atoms with Crippen LogP contribution in [0.1, 0.15) is 55.4 Å². The van der Waals surface area contributed by atoms with Gasteiger partial charge in [-0.15, -0.1) is 0 Å². The first-order valence-electron chi connectivity index (χ1n) is 19.8. The molecule has 0 fully saturated rings. The average Bonchev–Trinajstić information content (AvgIpc) is 3.28. The molecule has 6 aromatic rings. The van der Waals surface area contributed by atoms with E-state index in [9.17, 15) is 24.6 Å². The van der Waals surface area contributed by atoms with Gasteiger partial charge in [-0.25, -0.2) is 9.59 Å². The van der Waals surface area contributed by atoms with Crippen molar-refractivity contribution in [1.29, 1.82) is 5.26 Å². The van der Waals surface area contributed by atoms with Crippen LogP contribution in [0.5, 0.6) is 17.2 Å². The zero-order valence-electron chi connectivity index (χ0n) is 33.1. The van der Waals surface area contributed by atoms with Crippen molar-refractivity contribution in [2.24, 2.45) is 0 Å². The molecule has 62 heavy (non-hydrogen) atoms. The lowest BCUT2D eigenvalue weighted by molar-refractivity contribution is -0.142. The van der Waals surface area contributed by atoms with Gasteiger partial charge in [0.15, 0.2) is 17.6 Å². The molecule has 1 amide bonds. The number of carbonyl (C=O) groups is 3. The standard InChI is InChI=1S/C49H39Cl2N3O8/c50-40-18-9-31(19-41(40)51)27-60-38-16-14-34(15-17-38)46-28-61-44-22-36-21-43(54(26-37(36)23-45(44)62-46)25-35-3-1-2-4-39(35)48(56)57)47(55)53-42(49(58)59)20-29-5-10-32(11-6-29)33-12-7-30(24-52)8-13-33/h1-19,22-23,42-43,46H,20-21,25-28H2,(H,53,55)(H,56,57)(H,58,59)/t42-,43?,46+/m0/s1. The monoisotopic (exact) mass is 867 g/mol. The highest BCUT2D eigenvalue weighted by Crippen LogP contribution is 2.41. The van der Waals surface area contributed by atoms with Crippen LogP contribution in [0.4, 0.5) is 0 Å². The van der Waals surface area contributed by atoms with Crippen molar-refractivity contribution in [2.45, 2.75) is 50.7 Å². The number of aliphatic carboxylic acids is 1. The van der Waals surface area contributed by atoms with Crippen molar-refractivity contribution < 1.29 is 38.8 Å². The number of carbonyl (C=O) groups excluding carboxylic acids is 1. The Labute approximate surface area is 367 Å². The van der Waals surface area contributed by atoms with E-state index in [-0.39, 0.29) is 38.1 Å². The summed E-state index contributed by atoms with van der Waals surface area (Å²) in [6.45, 7) is 0.926. The Balaban J connectivity index is 0.988. The summed E-state index contributed by atoms with van der Waals surface area (Å²) in [7, 11) is 0. The third kappa shape index (κ3) is 9.54. The fourth-order valence-electron chi connectivity index (χ4n) is 7.73. The first-order valence-corrected chi connectivity index (χ1v) is 20.6. The molecule has 13 heteroatoms. The Bertz CT molecular complexity index is 2680. The van der Waals surface area contributed by atoms with Crippen molar-refractivity contribution >= 4 is 41.0 Å². The fourth-order valence-corrected chi connectivity index (χ4v) is 8.05. The number of halogens is 2. The highest BCUT2D eigenvalue weighted by atomic mass is 35.5. The van der Waals surface area contributed by atoms with Crippen molar-refractivity contribution in [3.8, 4) is 34.4 Å². The number of rotatable bonds is 13. The molecular weight excluding hydrogens is 829 g/mol. The maximum atomic E-state index is 14.2. The van der Waals surface area contributed by atoms with Gasteiger partial charge in [-0.2, -0.15) is 5.26 Å². The van der Waals surface area contributed by atoms with Crippen LogP contribution in [0.25, 0.3) is 11.1 Å². The van der Waals surface area contributed by atoms with E-state index in [0.717, 1.165) is 33.4 Å². The molecule has 0 saturated carbocycles. The van der Waals surface area contributed by atoms with Crippen LogP contribution < -0.4 is 19.5 Å². The summed E-state index contributed by atoms with van der Waals surface area (Å²) < 4.78 is 18.7. The van der Waals surface area contributed by atoms with Crippen LogP contribution in [0, 0.1) is 11.3 Å². The van der Waals surface area contributed by atoms with Crippen LogP contribution in [0.3, 0.4) is 0 Å². The van der Waals surface area contributed by atoms with Gasteiger partial charge in [0.2, 0.25) is 5.91 Å². The topological polar surface area (TPSA) is 158 Å². The lowest BCUT2D eigenvalue weighted by atomic mass is 9.91. The molecule has 0 bridgehead atoms. The van der Waals surface area contributed by atoms with Gasteiger partial charge in [-0.1, -0.05) is 96.0 Å². The average molecular weight is 869 g/mol. The largest absolute Gasteiger partial charge is 0.489 e. The summed E-state index contributed by atoms with van der Waals surface area (Å²) in [6.07, 6.45) is -0.162. The van der Waals surface area contributed by atoms with Crippen molar-refractivity contribution in [3.05, 3.63) is 182 Å². The van der Waals surface area contributed by atoms with Gasteiger partial charge >= 0.3 is 11.9 Å². The van der Waals surface area contributed by atoms with Crippen LogP contribution in [0.15, 0.2) is 127 Å². The molecule has 2 aliphatic heterocycles. The third-order valence-electron chi connectivity index (χ3n) is 11.1. The molecular formula is C49H39Cl2N3O8. The van der Waals surface area contributed by atoms with E-state index in [1.54, 1.807) is 42.5 Å². The minimum absolute atomic E-state index is 0.0359. The van der Waals surface area contributed by atoms with Gasteiger partial charge in [0.05, 0.1) is 33.3 Å². The molecule has 8 rings (SSSR count). The lowest BCUT2D eigenvalue weighted by Gasteiger charge is -2.38. The first-order chi connectivity index (χ1) is 30.0. The Morgan fingerprint density at radius 3 is 2.21 bits per heavy atom. The molecule has 11 nitrogen and oxygen atoms in total. The van der Waals surface area contributed by atoms with Crippen LogP contribution in [0.2, 0.25) is 10.0 Å². The van der Waals surface area contributed by atoms with Crippen LogP contribution in [-0.4, -0.2) is 51.6 Å². The van der Waals surface area contributed by atoms with Gasteiger partial charge < -0.3 is 29.7 Å². The second-order valence-corrected chi connectivity index (χ2v) is 16.0. The molecule has 6 aromatic carbocycles. The predicted molar refractivity (Wildman–Crippen MR) is 233 cm³/mol. The van der Waals surface area contributed by atoms with E-state index in [1.807, 2.05) is 83.8 Å². The molecule has 0 aromatic heterocycles. The molecule has 3 N–H and O–H groups in total. The zero-order valence-corrected chi connectivity index (χ0v) is 34.6. The molecule has 2 heterocycles. The number of nitrogens with zero attached hydrogens (tertiary/aromatic N) is 2. The van der Waals surface area contributed by atoms with Crippen molar-refractivity contribution in [1.82, 2.24) is 10.2 Å². The summed E-state index contributed by atoms with van der Waals surface area (Å²) in [4.78, 5) is 40.9. The summed E-state index contributed by atoms with van der Waals surface area (Å²) in [5.74, 6) is -1.05. The number of ether oxygens (including phenoxy) is 3. The fraction of sp³-hybridized carbons (Fsp3) is 0.184. The predicted octanol–water partition coefficient (Wildman–Crippen LogP) is 9.06.